The lowest BCUT2D eigenvalue weighted by Gasteiger charge is -2.11. The summed E-state index contributed by atoms with van der Waals surface area (Å²) in [5.41, 5.74) is 12.6. The van der Waals surface area contributed by atoms with Gasteiger partial charge in [0.2, 0.25) is 0 Å². The molecule has 0 radical (unpaired) electrons. The minimum Gasteiger partial charge on any atom is -0.231 e. The number of aryl methyl sites for hydroxylation is 2. The summed E-state index contributed by atoms with van der Waals surface area (Å²) in [6.45, 7) is 4.17. The van der Waals surface area contributed by atoms with Crippen LogP contribution in [0.4, 0.5) is 0 Å². The van der Waals surface area contributed by atoms with Crippen LogP contribution in [-0.4, -0.2) is 24.6 Å². The van der Waals surface area contributed by atoms with Gasteiger partial charge in [-0.3, -0.25) is 0 Å². The first-order valence-corrected chi connectivity index (χ1v) is 17.2. The largest absolute Gasteiger partial charge is 0.231 e. The van der Waals surface area contributed by atoms with Gasteiger partial charge >= 0.3 is 0 Å². The molecule has 51 heavy (non-hydrogen) atoms. The molecule has 5 heteroatoms. The zero-order valence-corrected chi connectivity index (χ0v) is 28.3. The van der Waals surface area contributed by atoms with Crippen molar-refractivity contribution in [2.75, 3.05) is 0 Å². The molecule has 0 spiro atoms. The van der Waals surface area contributed by atoms with Crippen molar-refractivity contribution in [3.8, 4) is 67.8 Å². The van der Waals surface area contributed by atoms with E-state index in [0.717, 1.165) is 61.2 Å². The maximum absolute atomic E-state index is 5.35. The van der Waals surface area contributed by atoms with E-state index in [0.29, 0.717) is 17.5 Å². The number of aromatic nitrogens is 5. The molecular formula is C46H33N5. The Balaban J connectivity index is 1.24. The van der Waals surface area contributed by atoms with Gasteiger partial charge in [-0.25, -0.2) is 19.5 Å². The Labute approximate surface area is 296 Å². The average Bonchev–Trinajstić information content (AvgIpc) is 3.60. The molecule has 0 saturated carbocycles. The van der Waals surface area contributed by atoms with Crippen LogP contribution < -0.4 is 0 Å². The lowest BCUT2D eigenvalue weighted by Crippen LogP contribution is -2.00. The molecule has 3 heterocycles. The summed E-state index contributed by atoms with van der Waals surface area (Å²) in [6.07, 6.45) is 0. The maximum Gasteiger partial charge on any atom is 0.164 e. The summed E-state index contributed by atoms with van der Waals surface area (Å²) in [5, 5.41) is 7.67. The van der Waals surface area contributed by atoms with Gasteiger partial charge in [0.25, 0.3) is 0 Å². The number of rotatable bonds is 6. The van der Waals surface area contributed by atoms with Crippen molar-refractivity contribution in [3.05, 3.63) is 175 Å². The zero-order valence-electron chi connectivity index (χ0n) is 28.3. The number of hydrogen-bond acceptors (Lipinski definition) is 4. The second kappa shape index (κ2) is 12.6. The smallest absolute Gasteiger partial charge is 0.164 e. The second-order valence-electron chi connectivity index (χ2n) is 12.9. The molecule has 0 aliphatic heterocycles. The van der Waals surface area contributed by atoms with Gasteiger partial charge in [0.1, 0.15) is 5.69 Å². The van der Waals surface area contributed by atoms with E-state index in [2.05, 4.69) is 170 Å². The average molecular weight is 656 g/mol. The minimum atomic E-state index is 0.627. The molecule has 0 bridgehead atoms. The van der Waals surface area contributed by atoms with E-state index in [1.165, 1.54) is 16.5 Å². The first-order chi connectivity index (χ1) is 25.1. The van der Waals surface area contributed by atoms with Crippen molar-refractivity contribution in [2.45, 2.75) is 13.8 Å². The van der Waals surface area contributed by atoms with Crippen molar-refractivity contribution in [1.82, 2.24) is 24.6 Å². The van der Waals surface area contributed by atoms with Crippen LogP contribution in [0.5, 0.6) is 0 Å². The fourth-order valence-corrected chi connectivity index (χ4v) is 6.73. The molecule has 0 amide bonds. The lowest BCUT2D eigenvalue weighted by molar-refractivity contribution is 0.979. The fraction of sp³-hybridized carbons (Fsp3) is 0.0435. The second-order valence-corrected chi connectivity index (χ2v) is 12.9. The standard InChI is InChI=1S/C46H33N5/c1-30-17-21-35(22-18-30)44-47-45(36-23-19-31(2)20-24-36)49-46(48-44)37-27-25-33(26-28-37)41-42(34-13-7-4-8-14-34)50-51-40(32-11-5-3-6-12-32)29-38-15-9-10-16-39(38)43(41)51/h3-29H,1-2H3. The maximum atomic E-state index is 5.35. The van der Waals surface area contributed by atoms with Gasteiger partial charge in [0.05, 0.1) is 11.2 Å². The Bertz CT molecular complexity index is 2600. The SMILES string of the molecule is Cc1ccc(-c2nc(-c3ccc(C)cc3)nc(-c3ccc(-c4c(-c5ccccc5)nn5c(-c6ccccc6)cc6ccccc6c45)cc3)n2)cc1. The fourth-order valence-electron chi connectivity index (χ4n) is 6.73. The van der Waals surface area contributed by atoms with Crippen molar-refractivity contribution in [1.29, 1.82) is 0 Å². The molecule has 242 valence electrons. The lowest BCUT2D eigenvalue weighted by atomic mass is 9.96. The summed E-state index contributed by atoms with van der Waals surface area (Å²) >= 11 is 0. The molecular weight excluding hydrogens is 623 g/mol. The predicted molar refractivity (Wildman–Crippen MR) is 208 cm³/mol. The molecule has 9 rings (SSSR count). The van der Waals surface area contributed by atoms with Crippen molar-refractivity contribution >= 4 is 16.3 Å². The molecule has 3 aromatic heterocycles. The normalized spacial score (nSPS) is 11.3. The Morgan fingerprint density at radius 3 is 1.41 bits per heavy atom. The Kier molecular flexibility index (Phi) is 7.51. The number of benzene rings is 6. The van der Waals surface area contributed by atoms with E-state index in [4.69, 9.17) is 20.1 Å². The highest BCUT2D eigenvalue weighted by molar-refractivity contribution is 6.08. The Morgan fingerprint density at radius 1 is 0.412 bits per heavy atom. The summed E-state index contributed by atoms with van der Waals surface area (Å²) in [5.74, 6) is 1.92. The quantitative estimate of drug-likeness (QED) is 0.179. The van der Waals surface area contributed by atoms with E-state index in [1.54, 1.807) is 0 Å². The number of hydrogen-bond donors (Lipinski definition) is 0. The highest BCUT2D eigenvalue weighted by Crippen LogP contribution is 2.41. The third kappa shape index (κ3) is 5.65. The molecule has 0 N–H and O–H groups in total. The van der Waals surface area contributed by atoms with Gasteiger partial charge in [-0.2, -0.15) is 5.10 Å². The molecule has 0 aliphatic carbocycles. The molecule has 5 nitrogen and oxygen atoms in total. The molecule has 0 unspecified atom stereocenters. The van der Waals surface area contributed by atoms with Crippen LogP contribution in [0.15, 0.2) is 164 Å². The van der Waals surface area contributed by atoms with Crippen LogP contribution in [0.25, 0.3) is 84.1 Å². The van der Waals surface area contributed by atoms with Gasteiger partial charge in [-0.1, -0.05) is 169 Å². The van der Waals surface area contributed by atoms with Gasteiger partial charge in [0.15, 0.2) is 17.5 Å². The first-order valence-electron chi connectivity index (χ1n) is 17.2. The van der Waals surface area contributed by atoms with Crippen LogP contribution in [0.1, 0.15) is 11.1 Å². The highest BCUT2D eigenvalue weighted by atomic mass is 15.2. The topological polar surface area (TPSA) is 56.0 Å². The van der Waals surface area contributed by atoms with Crippen molar-refractivity contribution < 1.29 is 0 Å². The zero-order chi connectivity index (χ0) is 34.3. The van der Waals surface area contributed by atoms with E-state index in [9.17, 15) is 0 Å². The number of fused-ring (bicyclic) bond motifs is 3. The predicted octanol–water partition coefficient (Wildman–Crippen LogP) is 11.3. The summed E-state index contributed by atoms with van der Waals surface area (Å²) in [6, 6.07) is 57.0. The van der Waals surface area contributed by atoms with Gasteiger partial charge < -0.3 is 0 Å². The first kappa shape index (κ1) is 30.3. The molecule has 0 atom stereocenters. The summed E-state index contributed by atoms with van der Waals surface area (Å²) < 4.78 is 2.12. The van der Waals surface area contributed by atoms with Gasteiger partial charge in [-0.15, -0.1) is 0 Å². The molecule has 9 aromatic rings. The van der Waals surface area contributed by atoms with E-state index >= 15 is 0 Å². The van der Waals surface area contributed by atoms with Crippen LogP contribution >= 0.6 is 0 Å². The number of pyridine rings is 1. The summed E-state index contributed by atoms with van der Waals surface area (Å²) in [7, 11) is 0. The Hall–Kier alpha value is -6.72. The monoisotopic (exact) mass is 655 g/mol. The highest BCUT2D eigenvalue weighted by Gasteiger charge is 2.22. The van der Waals surface area contributed by atoms with Gasteiger partial charge in [0, 0.05) is 38.8 Å². The molecule has 0 saturated heterocycles. The van der Waals surface area contributed by atoms with Crippen LogP contribution in [-0.2, 0) is 0 Å². The third-order valence-electron chi connectivity index (χ3n) is 9.43. The van der Waals surface area contributed by atoms with Crippen LogP contribution in [0, 0.1) is 13.8 Å². The third-order valence-corrected chi connectivity index (χ3v) is 9.43. The molecule has 6 aromatic carbocycles. The van der Waals surface area contributed by atoms with Crippen molar-refractivity contribution in [2.24, 2.45) is 0 Å². The van der Waals surface area contributed by atoms with Crippen LogP contribution in [0.2, 0.25) is 0 Å². The number of nitrogens with zero attached hydrogens (tertiary/aromatic N) is 5. The van der Waals surface area contributed by atoms with E-state index < -0.39 is 0 Å². The molecule has 0 fully saturated rings. The van der Waals surface area contributed by atoms with Gasteiger partial charge in [-0.05, 0) is 30.9 Å². The van der Waals surface area contributed by atoms with E-state index in [-0.39, 0.29) is 0 Å². The Morgan fingerprint density at radius 2 is 0.863 bits per heavy atom. The van der Waals surface area contributed by atoms with Crippen molar-refractivity contribution in [3.63, 3.8) is 0 Å². The summed E-state index contributed by atoms with van der Waals surface area (Å²) in [4.78, 5) is 14.9. The van der Waals surface area contributed by atoms with Crippen LogP contribution in [0.3, 0.4) is 0 Å². The minimum absolute atomic E-state index is 0.627. The van der Waals surface area contributed by atoms with E-state index in [1.807, 2.05) is 12.1 Å². The molecule has 0 aliphatic rings.